The Kier molecular flexibility index (Phi) is 5.35. The number of nitrogens with one attached hydrogen (secondary N) is 1. The van der Waals surface area contributed by atoms with Gasteiger partial charge in [0, 0.05) is 6.54 Å². The van der Waals surface area contributed by atoms with Gasteiger partial charge in [-0.2, -0.15) is 0 Å². The Labute approximate surface area is 125 Å². The molecule has 1 heterocycles. The van der Waals surface area contributed by atoms with E-state index in [9.17, 15) is 4.39 Å². The van der Waals surface area contributed by atoms with Gasteiger partial charge in [0.15, 0.2) is 4.77 Å². The summed E-state index contributed by atoms with van der Waals surface area (Å²) < 4.78 is 16.0. The van der Waals surface area contributed by atoms with E-state index in [4.69, 9.17) is 12.2 Å². The molecular formula is C16H23FN2S. The molecule has 110 valence electrons. The Morgan fingerprint density at radius 2 is 1.95 bits per heavy atom. The maximum Gasteiger partial charge on any atom is 0.178 e. The largest absolute Gasteiger partial charge is 0.331 e. The van der Waals surface area contributed by atoms with Crippen LogP contribution in [-0.2, 0) is 6.54 Å². The highest BCUT2D eigenvalue weighted by atomic mass is 32.1. The van der Waals surface area contributed by atoms with Crippen molar-refractivity contribution in [1.82, 2.24) is 9.55 Å². The molecule has 0 radical (unpaired) electrons. The normalized spacial score (nSPS) is 11.6. The average Bonchev–Trinajstić information content (AvgIpc) is 2.69. The van der Waals surface area contributed by atoms with Crippen molar-refractivity contribution < 1.29 is 4.39 Å². The molecule has 1 aromatic heterocycles. The molecule has 4 heteroatoms. The van der Waals surface area contributed by atoms with Crippen molar-refractivity contribution in [3.63, 3.8) is 0 Å². The lowest BCUT2D eigenvalue weighted by Crippen LogP contribution is -1.98. The quantitative estimate of drug-likeness (QED) is 0.532. The molecule has 0 aliphatic rings. The van der Waals surface area contributed by atoms with E-state index >= 15 is 0 Å². The molecule has 0 unspecified atom stereocenters. The maximum absolute atomic E-state index is 13.3. The minimum Gasteiger partial charge on any atom is -0.331 e. The van der Waals surface area contributed by atoms with Gasteiger partial charge >= 0.3 is 0 Å². The molecule has 20 heavy (non-hydrogen) atoms. The molecule has 0 aliphatic carbocycles. The molecule has 0 bridgehead atoms. The van der Waals surface area contributed by atoms with Crippen molar-refractivity contribution in [3.05, 3.63) is 28.8 Å². The summed E-state index contributed by atoms with van der Waals surface area (Å²) in [6.45, 7) is 5.39. The summed E-state index contributed by atoms with van der Waals surface area (Å²) in [5.74, 6) is 0.581. The SMILES string of the molecule is CC(C)CCCCCCn1c(=S)[nH]c2ccc(F)cc21. The second-order valence-corrected chi connectivity index (χ2v) is 6.23. The summed E-state index contributed by atoms with van der Waals surface area (Å²) in [5.41, 5.74) is 1.79. The number of hydrogen-bond donors (Lipinski definition) is 1. The average molecular weight is 294 g/mol. The Bertz CT molecular complexity index is 612. The van der Waals surface area contributed by atoms with Gasteiger partial charge in [-0.15, -0.1) is 0 Å². The lowest BCUT2D eigenvalue weighted by molar-refractivity contribution is 0.507. The van der Waals surface area contributed by atoms with Crippen LogP contribution in [0, 0.1) is 16.5 Å². The number of aromatic nitrogens is 2. The van der Waals surface area contributed by atoms with Crippen LogP contribution in [-0.4, -0.2) is 9.55 Å². The minimum absolute atomic E-state index is 0.211. The predicted octanol–water partition coefficient (Wildman–Crippen LogP) is 5.44. The van der Waals surface area contributed by atoms with Crippen LogP contribution in [0.4, 0.5) is 4.39 Å². The van der Waals surface area contributed by atoms with Gasteiger partial charge in [0.05, 0.1) is 11.0 Å². The topological polar surface area (TPSA) is 20.7 Å². The lowest BCUT2D eigenvalue weighted by atomic mass is 10.0. The van der Waals surface area contributed by atoms with E-state index in [1.54, 1.807) is 12.1 Å². The highest BCUT2D eigenvalue weighted by Crippen LogP contribution is 2.17. The molecule has 0 atom stereocenters. The van der Waals surface area contributed by atoms with E-state index in [1.807, 2.05) is 4.57 Å². The number of hydrogen-bond acceptors (Lipinski definition) is 1. The van der Waals surface area contributed by atoms with E-state index in [0.29, 0.717) is 4.77 Å². The smallest absolute Gasteiger partial charge is 0.178 e. The number of halogens is 1. The van der Waals surface area contributed by atoms with Crippen molar-refractivity contribution in [2.45, 2.75) is 52.5 Å². The van der Waals surface area contributed by atoms with Crippen LogP contribution >= 0.6 is 12.2 Å². The van der Waals surface area contributed by atoms with Crippen LogP contribution in [0.5, 0.6) is 0 Å². The van der Waals surface area contributed by atoms with Gasteiger partial charge < -0.3 is 9.55 Å². The van der Waals surface area contributed by atoms with Gasteiger partial charge in [-0.05, 0) is 42.8 Å². The fraction of sp³-hybridized carbons (Fsp3) is 0.562. The first-order valence-electron chi connectivity index (χ1n) is 7.46. The van der Waals surface area contributed by atoms with Gasteiger partial charge in [0.25, 0.3) is 0 Å². The molecule has 0 saturated carbocycles. The standard InChI is InChI=1S/C16H23FN2S/c1-12(2)7-5-3-4-6-10-19-15-11-13(17)8-9-14(15)18-16(19)20/h8-9,11-12H,3-7,10H2,1-2H3,(H,18,20). The Morgan fingerprint density at radius 3 is 2.70 bits per heavy atom. The second kappa shape index (κ2) is 7.02. The zero-order valence-corrected chi connectivity index (χ0v) is 13.1. The molecule has 2 aromatic rings. The number of fused-ring (bicyclic) bond motifs is 1. The monoisotopic (exact) mass is 294 g/mol. The summed E-state index contributed by atoms with van der Waals surface area (Å²) in [7, 11) is 0. The van der Waals surface area contributed by atoms with Gasteiger partial charge in [-0.25, -0.2) is 4.39 Å². The summed E-state index contributed by atoms with van der Waals surface area (Å²) >= 11 is 5.32. The van der Waals surface area contributed by atoms with Crippen molar-refractivity contribution in [2.75, 3.05) is 0 Å². The zero-order chi connectivity index (χ0) is 14.5. The number of aromatic amines is 1. The predicted molar refractivity (Wildman–Crippen MR) is 85.0 cm³/mol. The molecule has 0 amide bonds. The number of imidazole rings is 1. The summed E-state index contributed by atoms with van der Waals surface area (Å²) in [4.78, 5) is 3.13. The first-order chi connectivity index (χ1) is 9.58. The third-order valence-electron chi connectivity index (χ3n) is 3.65. The van der Waals surface area contributed by atoms with Gasteiger partial charge in [0.2, 0.25) is 0 Å². The zero-order valence-electron chi connectivity index (χ0n) is 12.3. The Balaban J connectivity index is 1.91. The fourth-order valence-corrected chi connectivity index (χ4v) is 2.82. The third-order valence-corrected chi connectivity index (χ3v) is 3.97. The number of unbranched alkanes of at least 4 members (excludes halogenated alkanes) is 3. The third kappa shape index (κ3) is 3.92. The number of aryl methyl sites for hydroxylation is 1. The van der Waals surface area contributed by atoms with Gasteiger partial charge in [-0.3, -0.25) is 0 Å². The van der Waals surface area contributed by atoms with Crippen LogP contribution in [0.2, 0.25) is 0 Å². The number of nitrogens with zero attached hydrogens (tertiary/aromatic N) is 1. The summed E-state index contributed by atoms with van der Waals surface area (Å²) in [6.07, 6.45) is 6.16. The molecule has 0 saturated heterocycles. The van der Waals surface area contributed by atoms with E-state index in [1.165, 1.54) is 31.7 Å². The maximum atomic E-state index is 13.3. The summed E-state index contributed by atoms with van der Waals surface area (Å²) in [6, 6.07) is 4.77. The molecular weight excluding hydrogens is 271 g/mol. The van der Waals surface area contributed by atoms with Crippen LogP contribution in [0.25, 0.3) is 11.0 Å². The van der Waals surface area contributed by atoms with Crippen LogP contribution in [0.1, 0.15) is 46.0 Å². The van der Waals surface area contributed by atoms with E-state index in [-0.39, 0.29) is 5.82 Å². The van der Waals surface area contributed by atoms with E-state index in [2.05, 4.69) is 18.8 Å². The van der Waals surface area contributed by atoms with E-state index < -0.39 is 0 Å². The van der Waals surface area contributed by atoms with Crippen molar-refractivity contribution in [2.24, 2.45) is 5.92 Å². The van der Waals surface area contributed by atoms with Crippen molar-refractivity contribution in [3.8, 4) is 0 Å². The Morgan fingerprint density at radius 1 is 1.20 bits per heavy atom. The first kappa shape index (κ1) is 15.2. The number of benzene rings is 1. The molecule has 2 nitrogen and oxygen atoms in total. The van der Waals surface area contributed by atoms with Gasteiger partial charge in [-0.1, -0.05) is 39.5 Å². The molecule has 1 aromatic carbocycles. The Hall–Kier alpha value is -1.16. The minimum atomic E-state index is -0.211. The molecule has 0 spiro atoms. The van der Waals surface area contributed by atoms with Crippen molar-refractivity contribution in [1.29, 1.82) is 0 Å². The van der Waals surface area contributed by atoms with Crippen LogP contribution in [0.15, 0.2) is 18.2 Å². The molecule has 2 rings (SSSR count). The molecule has 1 N–H and O–H groups in total. The van der Waals surface area contributed by atoms with Gasteiger partial charge in [0.1, 0.15) is 5.82 Å². The number of rotatable bonds is 7. The number of H-pyrrole nitrogens is 1. The summed E-state index contributed by atoms with van der Waals surface area (Å²) in [5, 5.41) is 0. The molecule has 0 aliphatic heterocycles. The highest BCUT2D eigenvalue weighted by molar-refractivity contribution is 7.71. The van der Waals surface area contributed by atoms with Crippen LogP contribution in [0.3, 0.4) is 0 Å². The highest BCUT2D eigenvalue weighted by Gasteiger charge is 2.05. The lowest BCUT2D eigenvalue weighted by Gasteiger charge is -2.06. The van der Waals surface area contributed by atoms with Crippen LogP contribution < -0.4 is 0 Å². The fourth-order valence-electron chi connectivity index (χ4n) is 2.52. The first-order valence-corrected chi connectivity index (χ1v) is 7.87. The van der Waals surface area contributed by atoms with E-state index in [0.717, 1.165) is 29.9 Å². The second-order valence-electron chi connectivity index (χ2n) is 5.84. The molecule has 0 fully saturated rings. The van der Waals surface area contributed by atoms with Crippen molar-refractivity contribution >= 4 is 23.3 Å².